The molecule has 0 atom stereocenters. The fraction of sp³-hybridized carbons (Fsp3) is 0.0833. The van der Waals surface area contributed by atoms with Crippen molar-refractivity contribution in [2.45, 2.75) is 18.4 Å². The number of nitrogens with zero attached hydrogens (tertiary/aromatic N) is 1. The van der Waals surface area contributed by atoms with Crippen molar-refractivity contribution in [1.29, 1.82) is 0 Å². The van der Waals surface area contributed by atoms with Gasteiger partial charge in [-0.3, -0.25) is 14.5 Å². The van der Waals surface area contributed by atoms with Gasteiger partial charge in [-0.25, -0.2) is 8.42 Å². The summed E-state index contributed by atoms with van der Waals surface area (Å²) in [5.74, 6) is -0.251. The maximum Gasteiger partial charge on any atom is 0.261 e. The van der Waals surface area contributed by atoms with E-state index in [0.717, 1.165) is 22.3 Å². The number of hydrogen-bond acceptors (Lipinski definition) is 5. The number of amides is 1. The summed E-state index contributed by atoms with van der Waals surface area (Å²) in [5.41, 5.74) is 4.67. The van der Waals surface area contributed by atoms with Gasteiger partial charge in [-0.1, -0.05) is 12.1 Å². The van der Waals surface area contributed by atoms with Crippen LogP contribution >= 0.6 is 11.3 Å². The number of anilines is 1. The highest BCUT2D eigenvalue weighted by Crippen LogP contribution is 2.22. The quantitative estimate of drug-likeness (QED) is 0.410. The lowest BCUT2D eigenvalue weighted by molar-refractivity contribution is 0.0951. The van der Waals surface area contributed by atoms with E-state index in [4.69, 9.17) is 0 Å². The van der Waals surface area contributed by atoms with E-state index >= 15 is 0 Å². The Labute approximate surface area is 191 Å². The molecule has 1 amide bonds. The Bertz CT molecular complexity index is 1330. The standard InChI is InChI=1S/C24H21N3O3S2/c1-17-3-2-4-23(11-17)32(29,30)27-22-7-5-19(6-8-22)24(28)26-14-18-12-21(15-25-13-18)20-9-10-31-16-20/h2-13,15-16,27H,14H2,1H3,(H,26,28). The number of sulfonamides is 1. The van der Waals surface area contributed by atoms with Crippen LogP contribution in [0.5, 0.6) is 0 Å². The number of thiophene rings is 1. The first kappa shape index (κ1) is 21.7. The number of aromatic nitrogens is 1. The van der Waals surface area contributed by atoms with Crippen molar-refractivity contribution in [3.63, 3.8) is 0 Å². The highest BCUT2D eigenvalue weighted by atomic mass is 32.2. The van der Waals surface area contributed by atoms with Gasteiger partial charge in [-0.05, 0) is 82.9 Å². The Hall–Kier alpha value is -3.49. The van der Waals surface area contributed by atoms with Gasteiger partial charge in [0.05, 0.1) is 4.90 Å². The zero-order valence-corrected chi connectivity index (χ0v) is 18.9. The molecule has 0 fully saturated rings. The molecule has 0 spiro atoms. The number of hydrogen-bond donors (Lipinski definition) is 2. The lowest BCUT2D eigenvalue weighted by atomic mass is 10.1. The van der Waals surface area contributed by atoms with E-state index in [2.05, 4.69) is 15.0 Å². The number of carbonyl (C=O) groups is 1. The fourth-order valence-corrected chi connectivity index (χ4v) is 4.97. The zero-order chi connectivity index (χ0) is 22.6. The zero-order valence-electron chi connectivity index (χ0n) is 17.3. The predicted octanol–water partition coefficient (Wildman–Crippen LogP) is 4.85. The highest BCUT2D eigenvalue weighted by Gasteiger charge is 2.14. The fourth-order valence-electron chi connectivity index (χ4n) is 3.14. The third-order valence-corrected chi connectivity index (χ3v) is 6.86. The molecule has 0 radical (unpaired) electrons. The summed E-state index contributed by atoms with van der Waals surface area (Å²) in [7, 11) is -3.69. The molecule has 0 aliphatic carbocycles. The molecular formula is C24H21N3O3S2. The summed E-state index contributed by atoms with van der Waals surface area (Å²) in [6.07, 6.45) is 3.52. The Kier molecular flexibility index (Phi) is 6.34. The second-order valence-corrected chi connectivity index (χ2v) is 9.74. The Morgan fingerprint density at radius 1 is 1.00 bits per heavy atom. The van der Waals surface area contributed by atoms with Gasteiger partial charge in [0.1, 0.15) is 0 Å². The number of pyridine rings is 1. The van der Waals surface area contributed by atoms with E-state index in [1.165, 1.54) is 0 Å². The van der Waals surface area contributed by atoms with Crippen molar-refractivity contribution in [2.24, 2.45) is 0 Å². The first-order valence-electron chi connectivity index (χ1n) is 9.85. The molecule has 32 heavy (non-hydrogen) atoms. The largest absolute Gasteiger partial charge is 0.348 e. The van der Waals surface area contributed by atoms with Crippen molar-refractivity contribution in [3.8, 4) is 11.1 Å². The first-order chi connectivity index (χ1) is 15.4. The van der Waals surface area contributed by atoms with E-state index in [9.17, 15) is 13.2 Å². The minimum Gasteiger partial charge on any atom is -0.348 e. The van der Waals surface area contributed by atoms with Crippen LogP contribution in [0.4, 0.5) is 5.69 Å². The average molecular weight is 464 g/mol. The Balaban J connectivity index is 1.39. The lowest BCUT2D eigenvalue weighted by Crippen LogP contribution is -2.23. The monoisotopic (exact) mass is 463 g/mol. The van der Waals surface area contributed by atoms with Gasteiger partial charge in [0.2, 0.25) is 0 Å². The van der Waals surface area contributed by atoms with E-state index in [1.54, 1.807) is 66.2 Å². The lowest BCUT2D eigenvalue weighted by Gasteiger charge is -2.10. The molecule has 2 N–H and O–H groups in total. The van der Waals surface area contributed by atoms with Crippen LogP contribution < -0.4 is 10.0 Å². The highest BCUT2D eigenvalue weighted by molar-refractivity contribution is 7.92. The molecule has 2 aromatic carbocycles. The van der Waals surface area contributed by atoms with Crippen LogP contribution in [0.15, 0.2) is 88.7 Å². The summed E-state index contributed by atoms with van der Waals surface area (Å²) >= 11 is 1.62. The smallest absolute Gasteiger partial charge is 0.261 e. The van der Waals surface area contributed by atoms with Crippen molar-refractivity contribution in [1.82, 2.24) is 10.3 Å². The Morgan fingerprint density at radius 3 is 2.53 bits per heavy atom. The summed E-state index contributed by atoms with van der Waals surface area (Å²) in [6.45, 7) is 2.17. The van der Waals surface area contributed by atoms with E-state index in [0.29, 0.717) is 17.8 Å². The molecule has 6 nitrogen and oxygen atoms in total. The van der Waals surface area contributed by atoms with E-state index in [-0.39, 0.29) is 10.8 Å². The molecule has 2 heterocycles. The van der Waals surface area contributed by atoms with Crippen LogP contribution in [0.25, 0.3) is 11.1 Å². The maximum absolute atomic E-state index is 12.5. The average Bonchev–Trinajstić information content (AvgIpc) is 3.33. The molecule has 2 aromatic heterocycles. The van der Waals surface area contributed by atoms with Gasteiger partial charge >= 0.3 is 0 Å². The summed E-state index contributed by atoms with van der Waals surface area (Å²) in [6, 6.07) is 17.0. The molecule has 4 rings (SSSR count). The molecule has 0 saturated carbocycles. The van der Waals surface area contributed by atoms with Crippen LogP contribution in [-0.2, 0) is 16.6 Å². The first-order valence-corrected chi connectivity index (χ1v) is 12.3. The minimum atomic E-state index is -3.69. The normalized spacial score (nSPS) is 11.2. The molecule has 0 aliphatic heterocycles. The van der Waals surface area contributed by atoms with Gasteiger partial charge in [-0.15, -0.1) is 0 Å². The van der Waals surface area contributed by atoms with Gasteiger partial charge in [0, 0.05) is 35.8 Å². The van der Waals surface area contributed by atoms with Crippen LogP contribution in [-0.4, -0.2) is 19.3 Å². The van der Waals surface area contributed by atoms with Crippen LogP contribution in [0.1, 0.15) is 21.5 Å². The molecule has 0 saturated heterocycles. The van der Waals surface area contributed by atoms with Crippen LogP contribution in [0.2, 0.25) is 0 Å². The molecule has 8 heteroatoms. The number of aryl methyl sites for hydroxylation is 1. The topological polar surface area (TPSA) is 88.2 Å². The van der Waals surface area contributed by atoms with E-state index in [1.807, 2.05) is 35.9 Å². The SMILES string of the molecule is Cc1cccc(S(=O)(=O)Nc2ccc(C(=O)NCc3cncc(-c4ccsc4)c3)cc2)c1. The summed E-state index contributed by atoms with van der Waals surface area (Å²) in [4.78, 5) is 17.0. The molecule has 0 unspecified atom stereocenters. The van der Waals surface area contributed by atoms with Gasteiger partial charge < -0.3 is 5.32 Å². The maximum atomic E-state index is 12.5. The molecule has 0 aliphatic rings. The number of benzene rings is 2. The predicted molar refractivity (Wildman–Crippen MR) is 127 cm³/mol. The third kappa shape index (κ3) is 5.22. The van der Waals surface area contributed by atoms with Crippen LogP contribution in [0, 0.1) is 6.92 Å². The minimum absolute atomic E-state index is 0.192. The number of rotatable bonds is 7. The Morgan fingerprint density at radius 2 is 1.81 bits per heavy atom. The second kappa shape index (κ2) is 9.33. The summed E-state index contributed by atoms with van der Waals surface area (Å²) < 4.78 is 27.6. The third-order valence-electron chi connectivity index (χ3n) is 4.80. The van der Waals surface area contributed by atoms with Gasteiger partial charge in [0.25, 0.3) is 15.9 Å². The molecular weight excluding hydrogens is 442 g/mol. The summed E-state index contributed by atoms with van der Waals surface area (Å²) in [5, 5.41) is 6.93. The van der Waals surface area contributed by atoms with Crippen molar-refractivity contribution in [3.05, 3.63) is 101 Å². The molecule has 162 valence electrons. The molecule has 4 aromatic rings. The number of carbonyl (C=O) groups excluding carboxylic acids is 1. The van der Waals surface area contributed by atoms with Gasteiger partial charge in [0.15, 0.2) is 0 Å². The van der Waals surface area contributed by atoms with Crippen molar-refractivity contribution >= 4 is 33.0 Å². The van der Waals surface area contributed by atoms with E-state index < -0.39 is 10.0 Å². The van der Waals surface area contributed by atoms with Crippen LogP contribution in [0.3, 0.4) is 0 Å². The number of nitrogens with one attached hydrogen (secondary N) is 2. The van der Waals surface area contributed by atoms with Crippen molar-refractivity contribution in [2.75, 3.05) is 4.72 Å². The van der Waals surface area contributed by atoms with Crippen molar-refractivity contribution < 1.29 is 13.2 Å². The van der Waals surface area contributed by atoms with Gasteiger partial charge in [-0.2, -0.15) is 11.3 Å². The molecule has 0 bridgehead atoms. The second-order valence-electron chi connectivity index (χ2n) is 7.28.